The molecule has 0 radical (unpaired) electrons. The first-order valence-corrected chi connectivity index (χ1v) is 11.4. The van der Waals surface area contributed by atoms with Crippen molar-refractivity contribution < 1.29 is 23.8 Å². The molecule has 3 rings (SSSR count). The molecule has 1 heterocycles. The number of ether oxygens (including phenoxy) is 3. The Morgan fingerprint density at radius 2 is 1.84 bits per heavy atom. The number of esters is 1. The molecule has 0 fully saturated rings. The van der Waals surface area contributed by atoms with E-state index < -0.39 is 0 Å². The average Bonchev–Trinajstić information content (AvgIpc) is 3.24. The molecule has 7 nitrogen and oxygen atoms in total. The molecule has 0 aromatic heterocycles. The number of halogens is 1. The van der Waals surface area contributed by atoms with Crippen molar-refractivity contribution >= 4 is 45.3 Å². The first kappa shape index (κ1) is 23.1. The molecule has 2 aromatic rings. The molecule has 1 unspecified atom stereocenters. The topological polar surface area (TPSA) is 77.4 Å². The molecule has 1 atom stereocenters. The van der Waals surface area contributed by atoms with Crippen LogP contribution in [0.5, 0.6) is 11.5 Å². The number of para-hydroxylation sites is 1. The van der Waals surface area contributed by atoms with Crippen molar-refractivity contribution in [1.82, 2.24) is 5.01 Å². The van der Waals surface area contributed by atoms with E-state index in [1.54, 1.807) is 14.2 Å². The fourth-order valence-corrected chi connectivity index (χ4v) is 4.28. The predicted octanol–water partition coefficient (Wildman–Crippen LogP) is 4.05. The Morgan fingerprint density at radius 3 is 2.48 bits per heavy atom. The highest BCUT2D eigenvalue weighted by Crippen LogP contribution is 2.41. The second-order valence-corrected chi connectivity index (χ2v) is 8.56. The highest BCUT2D eigenvalue weighted by Gasteiger charge is 2.35. The van der Waals surface area contributed by atoms with Crippen molar-refractivity contribution in [3.63, 3.8) is 0 Å². The number of rotatable bonds is 8. The fourth-order valence-electron chi connectivity index (χ4n) is 3.32. The zero-order valence-corrected chi connectivity index (χ0v) is 19.9. The summed E-state index contributed by atoms with van der Waals surface area (Å²) in [5, 5.41) is 6.14. The van der Waals surface area contributed by atoms with Crippen LogP contribution in [0, 0.1) is 0 Å². The normalized spacial score (nSPS) is 15.4. The maximum Gasteiger partial charge on any atom is 0.315 e. The summed E-state index contributed by atoms with van der Waals surface area (Å²) in [6, 6.07) is 13.0. The van der Waals surface area contributed by atoms with Gasteiger partial charge in [-0.25, -0.2) is 5.01 Å². The van der Waals surface area contributed by atoms with Gasteiger partial charge in [0.2, 0.25) is 0 Å². The molecule has 1 amide bonds. The third-order valence-electron chi connectivity index (χ3n) is 4.81. The molecule has 0 spiro atoms. The molecule has 164 valence electrons. The highest BCUT2D eigenvalue weighted by atomic mass is 79.9. The van der Waals surface area contributed by atoms with E-state index in [-0.39, 0.29) is 29.4 Å². The fraction of sp³-hybridized carbons (Fsp3) is 0.318. The summed E-state index contributed by atoms with van der Waals surface area (Å²) in [5.41, 5.74) is 2.55. The molecule has 2 aromatic carbocycles. The lowest BCUT2D eigenvalue weighted by Gasteiger charge is -2.24. The number of hydrazone groups is 1. The zero-order chi connectivity index (χ0) is 22.4. The quantitative estimate of drug-likeness (QED) is 0.502. The standard InChI is InChI=1S/C22H23BrN2O5S/c1-28-19-6-4-5-16(22(19)30-3)18-11-17(14-7-9-15(23)10-8-14)24-25(18)20(26)12-31-13-21(27)29-2/h4-10,18H,11-13H2,1-3H3. The average molecular weight is 507 g/mol. The minimum atomic E-state index is -0.371. The maximum absolute atomic E-state index is 13.1. The van der Waals surface area contributed by atoms with E-state index in [0.717, 1.165) is 21.3 Å². The van der Waals surface area contributed by atoms with Gasteiger partial charge in [-0.15, -0.1) is 11.8 Å². The Labute approximate surface area is 193 Å². The SMILES string of the molecule is COC(=O)CSCC(=O)N1N=C(c2ccc(Br)cc2)CC1c1cccc(OC)c1OC. The van der Waals surface area contributed by atoms with Gasteiger partial charge in [-0.2, -0.15) is 5.10 Å². The van der Waals surface area contributed by atoms with E-state index in [1.807, 2.05) is 42.5 Å². The second-order valence-electron chi connectivity index (χ2n) is 6.66. The van der Waals surface area contributed by atoms with Gasteiger partial charge in [0.15, 0.2) is 11.5 Å². The van der Waals surface area contributed by atoms with Crippen molar-refractivity contribution in [3.8, 4) is 11.5 Å². The van der Waals surface area contributed by atoms with Gasteiger partial charge in [0.1, 0.15) is 0 Å². The molecule has 9 heteroatoms. The summed E-state index contributed by atoms with van der Waals surface area (Å²) in [6.45, 7) is 0. The van der Waals surface area contributed by atoms with Crippen LogP contribution in [0.1, 0.15) is 23.6 Å². The molecule has 0 saturated carbocycles. The van der Waals surface area contributed by atoms with Crippen LogP contribution in [-0.4, -0.2) is 55.4 Å². The molecule has 0 saturated heterocycles. The lowest BCUT2D eigenvalue weighted by Crippen LogP contribution is -2.29. The van der Waals surface area contributed by atoms with E-state index in [4.69, 9.17) is 9.47 Å². The Kier molecular flexibility index (Phi) is 7.97. The number of hydrogen-bond acceptors (Lipinski definition) is 7. The van der Waals surface area contributed by atoms with E-state index in [1.165, 1.54) is 23.9 Å². The Morgan fingerprint density at radius 1 is 1.10 bits per heavy atom. The van der Waals surface area contributed by atoms with Gasteiger partial charge in [-0.3, -0.25) is 9.59 Å². The number of benzene rings is 2. The summed E-state index contributed by atoms with van der Waals surface area (Å²) in [7, 11) is 4.47. The predicted molar refractivity (Wildman–Crippen MR) is 124 cm³/mol. The number of thioether (sulfide) groups is 1. The third kappa shape index (κ3) is 5.40. The van der Waals surface area contributed by atoms with E-state index in [0.29, 0.717) is 17.9 Å². The first-order chi connectivity index (χ1) is 15.0. The monoisotopic (exact) mass is 506 g/mol. The zero-order valence-electron chi connectivity index (χ0n) is 17.5. The van der Waals surface area contributed by atoms with Crippen LogP contribution < -0.4 is 9.47 Å². The summed E-state index contributed by atoms with van der Waals surface area (Å²) in [6.07, 6.45) is 0.526. The van der Waals surface area contributed by atoms with Crippen LogP contribution in [0.4, 0.5) is 0 Å². The van der Waals surface area contributed by atoms with Crippen LogP contribution in [0.25, 0.3) is 0 Å². The van der Waals surface area contributed by atoms with Crippen molar-refractivity contribution in [2.45, 2.75) is 12.5 Å². The van der Waals surface area contributed by atoms with Gasteiger partial charge in [0, 0.05) is 16.5 Å². The van der Waals surface area contributed by atoms with Crippen LogP contribution in [-0.2, 0) is 14.3 Å². The lowest BCUT2D eigenvalue weighted by atomic mass is 9.97. The van der Waals surface area contributed by atoms with Gasteiger partial charge in [-0.1, -0.05) is 40.2 Å². The van der Waals surface area contributed by atoms with Crippen LogP contribution in [0.3, 0.4) is 0 Å². The summed E-state index contributed by atoms with van der Waals surface area (Å²) in [5.74, 6) is 0.800. The largest absolute Gasteiger partial charge is 0.493 e. The smallest absolute Gasteiger partial charge is 0.315 e. The minimum Gasteiger partial charge on any atom is -0.493 e. The molecule has 1 aliphatic heterocycles. The number of carbonyl (C=O) groups is 2. The third-order valence-corrected chi connectivity index (χ3v) is 6.23. The lowest BCUT2D eigenvalue weighted by molar-refractivity contribution is -0.137. The first-order valence-electron chi connectivity index (χ1n) is 9.49. The van der Waals surface area contributed by atoms with Gasteiger partial charge >= 0.3 is 5.97 Å². The van der Waals surface area contributed by atoms with Gasteiger partial charge in [0.25, 0.3) is 5.91 Å². The van der Waals surface area contributed by atoms with Crippen molar-refractivity contribution in [3.05, 3.63) is 58.1 Å². The molecule has 1 aliphatic rings. The Hall–Kier alpha value is -2.52. The molecular weight excluding hydrogens is 484 g/mol. The van der Waals surface area contributed by atoms with Gasteiger partial charge in [-0.05, 0) is 23.8 Å². The van der Waals surface area contributed by atoms with Crippen molar-refractivity contribution in [2.75, 3.05) is 32.8 Å². The number of methoxy groups -OCH3 is 3. The Bertz CT molecular complexity index is 980. The molecule has 31 heavy (non-hydrogen) atoms. The number of carbonyl (C=O) groups excluding carboxylic acids is 2. The summed E-state index contributed by atoms with van der Waals surface area (Å²) >= 11 is 4.64. The van der Waals surface area contributed by atoms with Gasteiger partial charge < -0.3 is 14.2 Å². The number of amides is 1. The number of hydrogen-bond donors (Lipinski definition) is 0. The molecule has 0 aliphatic carbocycles. The van der Waals surface area contributed by atoms with Gasteiger partial charge in [0.05, 0.1) is 44.6 Å². The van der Waals surface area contributed by atoms with Crippen molar-refractivity contribution in [1.29, 1.82) is 0 Å². The summed E-state index contributed by atoms with van der Waals surface area (Å²) in [4.78, 5) is 24.4. The molecule has 0 N–H and O–H groups in total. The second kappa shape index (κ2) is 10.7. The van der Waals surface area contributed by atoms with Crippen molar-refractivity contribution in [2.24, 2.45) is 5.10 Å². The van der Waals surface area contributed by atoms with E-state index >= 15 is 0 Å². The number of nitrogens with zero attached hydrogens (tertiary/aromatic N) is 2. The highest BCUT2D eigenvalue weighted by molar-refractivity contribution is 9.10. The summed E-state index contributed by atoms with van der Waals surface area (Å²) < 4.78 is 16.6. The molecule has 0 bridgehead atoms. The van der Waals surface area contributed by atoms with E-state index in [9.17, 15) is 9.59 Å². The van der Waals surface area contributed by atoms with Crippen LogP contribution >= 0.6 is 27.7 Å². The molecular formula is C22H23BrN2O5S. The Balaban J connectivity index is 1.92. The maximum atomic E-state index is 13.1. The van der Waals surface area contributed by atoms with E-state index in [2.05, 4.69) is 25.8 Å². The minimum absolute atomic E-state index is 0.104. The van der Waals surface area contributed by atoms with Crippen LogP contribution in [0.2, 0.25) is 0 Å². The van der Waals surface area contributed by atoms with Crippen LogP contribution in [0.15, 0.2) is 52.0 Å².